The summed E-state index contributed by atoms with van der Waals surface area (Å²) >= 11 is 0. The van der Waals surface area contributed by atoms with Crippen molar-refractivity contribution in [1.29, 1.82) is 0 Å². The number of fused-ring (bicyclic) bond motifs is 1. The zero-order valence-electron chi connectivity index (χ0n) is 19.3. The number of likely N-dealkylation sites (N-methyl/N-ethyl adjacent to an activating group) is 1. The van der Waals surface area contributed by atoms with E-state index in [1.807, 2.05) is 24.3 Å². The minimum atomic E-state index is -1.42. The smallest absolute Gasteiger partial charge is 0.311 e. The number of urea groups is 1. The van der Waals surface area contributed by atoms with E-state index in [9.17, 15) is 14.4 Å². The van der Waals surface area contributed by atoms with E-state index >= 15 is 0 Å². The molecule has 2 heterocycles. The number of benzene rings is 2. The molecule has 1 fully saturated rings. The van der Waals surface area contributed by atoms with Gasteiger partial charge in [-0.15, -0.1) is 0 Å². The lowest BCUT2D eigenvalue weighted by Gasteiger charge is -2.40. The first kappa shape index (κ1) is 22.6. The molecule has 1 aliphatic heterocycles. The van der Waals surface area contributed by atoms with Gasteiger partial charge in [-0.3, -0.25) is 19.3 Å². The van der Waals surface area contributed by atoms with Crippen molar-refractivity contribution >= 4 is 29.5 Å². The Bertz CT molecular complexity index is 1340. The summed E-state index contributed by atoms with van der Waals surface area (Å²) in [6, 6.07) is 13.8. The van der Waals surface area contributed by atoms with Crippen LogP contribution in [-0.2, 0) is 4.79 Å². The summed E-state index contributed by atoms with van der Waals surface area (Å²) in [6.07, 6.45) is 6.34. The molecule has 0 radical (unpaired) electrons. The molecule has 1 unspecified atom stereocenters. The highest BCUT2D eigenvalue weighted by atomic mass is 16.5. The third-order valence-electron chi connectivity index (χ3n) is 6.67. The van der Waals surface area contributed by atoms with Crippen molar-refractivity contribution in [2.24, 2.45) is 10.9 Å². The van der Waals surface area contributed by atoms with Gasteiger partial charge in [0.1, 0.15) is 0 Å². The molecule has 2 aliphatic rings. The topological polar surface area (TPSA) is 133 Å². The number of H-pyrrole nitrogens is 1. The summed E-state index contributed by atoms with van der Waals surface area (Å²) in [6.45, 7) is 0. The molecular weight excluding hydrogens is 448 g/mol. The number of amides is 3. The lowest BCUT2D eigenvalue weighted by molar-refractivity contribution is -0.126. The molecule has 180 valence electrons. The van der Waals surface area contributed by atoms with Gasteiger partial charge in [-0.05, 0) is 31.0 Å². The van der Waals surface area contributed by atoms with Gasteiger partial charge < -0.3 is 15.5 Å². The van der Waals surface area contributed by atoms with Crippen LogP contribution in [0.1, 0.15) is 37.7 Å². The quantitative estimate of drug-likeness (QED) is 0.532. The maximum absolute atomic E-state index is 13.9. The number of carbonyl (C=O) groups excluding carboxylic acids is 2. The molecule has 2 aromatic carbocycles. The third-order valence-corrected chi connectivity index (χ3v) is 6.67. The standard InChI is InChI=1S/C25H26N6O4/c1-31-20-13-6-5-8-17(20)15-26-25(22(31)32,18-10-3-2-4-11-18)29-23(33)27-19-12-7-9-16(14-19)21-28-24(34)35-30-21/h5-9,12-15,18H,2-4,10-11H2,1H3,(H2,27,29,33)(H,28,30,34). The van der Waals surface area contributed by atoms with Gasteiger partial charge in [-0.25, -0.2) is 9.59 Å². The minimum absolute atomic E-state index is 0.131. The Morgan fingerprint density at radius 2 is 1.91 bits per heavy atom. The van der Waals surface area contributed by atoms with Crippen molar-refractivity contribution in [3.05, 3.63) is 64.6 Å². The zero-order chi connectivity index (χ0) is 24.4. The van der Waals surface area contributed by atoms with Crippen molar-refractivity contribution in [2.45, 2.75) is 37.8 Å². The van der Waals surface area contributed by atoms with Crippen molar-refractivity contribution in [3.63, 3.8) is 0 Å². The van der Waals surface area contributed by atoms with Crippen molar-refractivity contribution < 1.29 is 14.1 Å². The number of aromatic amines is 1. The van der Waals surface area contributed by atoms with E-state index in [0.717, 1.165) is 43.4 Å². The summed E-state index contributed by atoms with van der Waals surface area (Å²) in [7, 11) is 1.72. The summed E-state index contributed by atoms with van der Waals surface area (Å²) in [5.74, 6) is -0.815. The van der Waals surface area contributed by atoms with E-state index in [-0.39, 0.29) is 17.6 Å². The minimum Gasteiger partial charge on any atom is -0.311 e. The van der Waals surface area contributed by atoms with E-state index in [1.54, 1.807) is 42.4 Å². The average Bonchev–Trinajstić information content (AvgIpc) is 3.29. The van der Waals surface area contributed by atoms with Gasteiger partial charge in [0.25, 0.3) is 5.91 Å². The van der Waals surface area contributed by atoms with Crippen LogP contribution >= 0.6 is 0 Å². The summed E-state index contributed by atoms with van der Waals surface area (Å²) in [5, 5.41) is 9.42. The third kappa shape index (κ3) is 4.34. The first-order chi connectivity index (χ1) is 17.0. The molecule has 10 heteroatoms. The van der Waals surface area contributed by atoms with E-state index in [4.69, 9.17) is 4.99 Å². The van der Waals surface area contributed by atoms with Crippen LogP contribution in [0.15, 0.2) is 62.8 Å². The number of carbonyl (C=O) groups is 2. The molecule has 3 aromatic rings. The van der Waals surface area contributed by atoms with E-state index in [1.165, 1.54) is 0 Å². The van der Waals surface area contributed by atoms with Gasteiger partial charge in [0.15, 0.2) is 5.82 Å². The van der Waals surface area contributed by atoms with Crippen LogP contribution < -0.4 is 21.3 Å². The number of para-hydroxylation sites is 1. The molecule has 1 aromatic heterocycles. The second-order valence-corrected chi connectivity index (χ2v) is 8.89. The van der Waals surface area contributed by atoms with Gasteiger partial charge in [-0.1, -0.05) is 54.8 Å². The SMILES string of the molecule is CN1C(=O)C(NC(=O)Nc2cccc(-c3noc(=O)[nH]3)c2)(C2CCCCC2)N=Cc2ccccc21. The molecule has 35 heavy (non-hydrogen) atoms. The molecule has 3 amide bonds. The number of nitrogens with one attached hydrogen (secondary N) is 3. The molecule has 10 nitrogen and oxygen atoms in total. The Balaban J connectivity index is 1.45. The first-order valence-electron chi connectivity index (χ1n) is 11.6. The lowest BCUT2D eigenvalue weighted by atomic mass is 9.79. The molecule has 1 aliphatic carbocycles. The number of hydrogen-bond donors (Lipinski definition) is 3. The molecule has 1 saturated carbocycles. The first-order valence-corrected chi connectivity index (χ1v) is 11.6. The maximum atomic E-state index is 13.9. The van der Waals surface area contributed by atoms with Gasteiger partial charge in [0.05, 0.1) is 5.69 Å². The van der Waals surface area contributed by atoms with Crippen molar-refractivity contribution in [3.8, 4) is 11.4 Å². The molecule has 0 saturated heterocycles. The van der Waals surface area contributed by atoms with Crippen molar-refractivity contribution in [1.82, 2.24) is 15.5 Å². The molecule has 0 spiro atoms. The largest absolute Gasteiger partial charge is 0.439 e. The number of aromatic nitrogens is 2. The molecular formula is C25H26N6O4. The zero-order valence-corrected chi connectivity index (χ0v) is 19.3. The van der Waals surface area contributed by atoms with Gasteiger partial charge >= 0.3 is 11.8 Å². The Morgan fingerprint density at radius 1 is 1.11 bits per heavy atom. The lowest BCUT2D eigenvalue weighted by Crippen LogP contribution is -2.63. The summed E-state index contributed by atoms with van der Waals surface area (Å²) in [5.41, 5.74) is 1.17. The van der Waals surface area contributed by atoms with Crippen LogP contribution in [0.2, 0.25) is 0 Å². The summed E-state index contributed by atoms with van der Waals surface area (Å²) in [4.78, 5) is 47.2. The molecule has 5 rings (SSSR count). The Morgan fingerprint density at radius 3 is 2.69 bits per heavy atom. The number of rotatable bonds is 4. The highest BCUT2D eigenvalue weighted by molar-refractivity contribution is 6.09. The van der Waals surface area contributed by atoms with Gasteiger partial charge in [-0.2, -0.15) is 0 Å². The fraction of sp³-hybridized carbons (Fsp3) is 0.320. The summed E-state index contributed by atoms with van der Waals surface area (Å²) < 4.78 is 4.56. The highest BCUT2D eigenvalue weighted by Gasteiger charge is 2.49. The fourth-order valence-electron chi connectivity index (χ4n) is 4.92. The second kappa shape index (κ2) is 9.21. The maximum Gasteiger partial charge on any atom is 0.439 e. The molecule has 1 atom stereocenters. The van der Waals surface area contributed by atoms with E-state index < -0.39 is 17.5 Å². The van der Waals surface area contributed by atoms with Crippen LogP contribution in [0.3, 0.4) is 0 Å². The predicted molar refractivity (Wildman–Crippen MR) is 131 cm³/mol. The normalized spacial score (nSPS) is 20.3. The van der Waals surface area contributed by atoms with Crippen molar-refractivity contribution in [2.75, 3.05) is 17.3 Å². The highest BCUT2D eigenvalue weighted by Crippen LogP contribution is 2.38. The Kier molecular flexibility index (Phi) is 5.94. The monoisotopic (exact) mass is 474 g/mol. The number of nitrogens with zero attached hydrogens (tertiary/aromatic N) is 3. The Labute approximate surface area is 201 Å². The van der Waals surface area contributed by atoms with Crippen LogP contribution in [0.5, 0.6) is 0 Å². The molecule has 3 N–H and O–H groups in total. The fourth-order valence-corrected chi connectivity index (χ4v) is 4.92. The second-order valence-electron chi connectivity index (χ2n) is 8.89. The number of hydrogen-bond acceptors (Lipinski definition) is 6. The van der Waals surface area contributed by atoms with Crippen LogP contribution in [0, 0.1) is 5.92 Å². The van der Waals surface area contributed by atoms with Crippen LogP contribution in [0.4, 0.5) is 16.2 Å². The van der Waals surface area contributed by atoms with E-state index in [2.05, 4.69) is 25.3 Å². The van der Waals surface area contributed by atoms with Crippen LogP contribution in [0.25, 0.3) is 11.4 Å². The molecule has 0 bridgehead atoms. The van der Waals surface area contributed by atoms with Gasteiger partial charge in [0, 0.05) is 36.0 Å². The predicted octanol–water partition coefficient (Wildman–Crippen LogP) is 3.52. The average molecular weight is 475 g/mol. The number of benzodiazepines with no additional fused rings is 1. The number of anilines is 2. The van der Waals surface area contributed by atoms with E-state index in [0.29, 0.717) is 11.3 Å². The van der Waals surface area contributed by atoms with Crippen LogP contribution in [-0.4, -0.2) is 41.0 Å². The van der Waals surface area contributed by atoms with Gasteiger partial charge in [0.2, 0.25) is 5.66 Å². The number of aliphatic imine (C=N–C) groups is 1. The Hall–Kier alpha value is -4.21.